The number of phenols is 1. The number of para-hydroxylation sites is 1. The van der Waals surface area contributed by atoms with Gasteiger partial charge in [-0.2, -0.15) is 5.10 Å². The van der Waals surface area contributed by atoms with Gasteiger partial charge in [-0.15, -0.1) is 0 Å². The first kappa shape index (κ1) is 13.4. The van der Waals surface area contributed by atoms with Crippen LogP contribution >= 0.6 is 0 Å². The topological polar surface area (TPSA) is 95.1 Å². The zero-order valence-corrected chi connectivity index (χ0v) is 11.7. The molecule has 1 heterocycles. The maximum Gasteiger partial charge on any atom is 0.265 e. The van der Waals surface area contributed by atoms with E-state index in [0.29, 0.717) is 17.0 Å². The Morgan fingerprint density at radius 2 is 1.95 bits per heavy atom. The molecule has 0 atom stereocenters. The van der Waals surface area contributed by atoms with Crippen molar-refractivity contribution in [2.24, 2.45) is 0 Å². The summed E-state index contributed by atoms with van der Waals surface area (Å²) in [5, 5.41) is 16.2. The Balaban J connectivity index is 2.49. The van der Waals surface area contributed by atoms with Gasteiger partial charge < -0.3 is 5.11 Å². The molecule has 0 fully saturated rings. The monoisotopic (exact) mass is 281 g/mol. The van der Waals surface area contributed by atoms with Gasteiger partial charge >= 0.3 is 0 Å². The van der Waals surface area contributed by atoms with Gasteiger partial charge in [0.2, 0.25) is 0 Å². The number of aromatic nitrogens is 2. The second kappa shape index (κ2) is 4.58. The molecule has 1 aromatic carbocycles. The number of nitrogens with one attached hydrogen (secondary N) is 2. The minimum atomic E-state index is -3.78. The van der Waals surface area contributed by atoms with Crippen LogP contribution in [0, 0.1) is 20.8 Å². The SMILES string of the molecule is Cc1cccc(O)c1NS(=O)(=O)c1c(C)n[nH]c1C. The average Bonchev–Trinajstić information content (AvgIpc) is 2.64. The van der Waals surface area contributed by atoms with Crippen molar-refractivity contribution < 1.29 is 13.5 Å². The number of H-pyrrole nitrogens is 1. The van der Waals surface area contributed by atoms with Crippen LogP contribution in [-0.4, -0.2) is 23.7 Å². The van der Waals surface area contributed by atoms with E-state index < -0.39 is 10.0 Å². The summed E-state index contributed by atoms with van der Waals surface area (Å²) in [5.41, 5.74) is 1.67. The standard InChI is InChI=1S/C12H15N3O3S/c1-7-5-4-6-10(16)11(7)15-19(17,18)12-8(2)13-14-9(12)3/h4-6,15-16H,1-3H3,(H,13,14). The third-order valence-corrected chi connectivity index (χ3v) is 4.43. The molecule has 2 rings (SSSR count). The van der Waals surface area contributed by atoms with E-state index in [0.717, 1.165) is 0 Å². The summed E-state index contributed by atoms with van der Waals surface area (Å²) in [4.78, 5) is 0.107. The Kier molecular flexibility index (Phi) is 3.23. The van der Waals surface area contributed by atoms with Crippen LogP contribution in [0.4, 0.5) is 5.69 Å². The van der Waals surface area contributed by atoms with Crippen LogP contribution in [0.2, 0.25) is 0 Å². The first-order valence-corrected chi connectivity index (χ1v) is 7.14. The van der Waals surface area contributed by atoms with Crippen LogP contribution in [0.3, 0.4) is 0 Å². The Bertz CT molecular complexity index is 680. The van der Waals surface area contributed by atoms with Crippen LogP contribution in [0.15, 0.2) is 23.1 Å². The predicted octanol–water partition coefficient (Wildman–Crippen LogP) is 1.84. The molecule has 7 heteroatoms. The molecule has 0 aliphatic carbocycles. The van der Waals surface area contributed by atoms with Gasteiger partial charge in [-0.1, -0.05) is 12.1 Å². The zero-order valence-electron chi connectivity index (χ0n) is 10.9. The number of nitrogens with zero attached hydrogens (tertiary/aromatic N) is 1. The maximum absolute atomic E-state index is 12.3. The number of aryl methyl sites for hydroxylation is 3. The molecule has 0 amide bonds. The van der Waals surface area contributed by atoms with Gasteiger partial charge in [0.1, 0.15) is 10.6 Å². The lowest BCUT2D eigenvalue weighted by Crippen LogP contribution is -2.15. The summed E-state index contributed by atoms with van der Waals surface area (Å²) >= 11 is 0. The second-order valence-corrected chi connectivity index (χ2v) is 5.96. The molecule has 0 unspecified atom stereocenters. The predicted molar refractivity (Wildman–Crippen MR) is 71.7 cm³/mol. The molecule has 0 aliphatic heterocycles. The number of rotatable bonds is 3. The lowest BCUT2D eigenvalue weighted by atomic mass is 10.2. The molecule has 2 aromatic rings. The second-order valence-electron chi connectivity index (χ2n) is 4.34. The largest absolute Gasteiger partial charge is 0.506 e. The van der Waals surface area contributed by atoms with Crippen molar-refractivity contribution in [2.45, 2.75) is 25.7 Å². The molecule has 0 saturated heterocycles. The van der Waals surface area contributed by atoms with Gasteiger partial charge in [-0.25, -0.2) is 8.42 Å². The molecule has 0 saturated carbocycles. The van der Waals surface area contributed by atoms with Crippen molar-refractivity contribution in [3.63, 3.8) is 0 Å². The Morgan fingerprint density at radius 3 is 2.47 bits per heavy atom. The molecular formula is C12H15N3O3S. The summed E-state index contributed by atoms with van der Waals surface area (Å²) < 4.78 is 27.1. The van der Waals surface area contributed by atoms with Crippen molar-refractivity contribution in [2.75, 3.05) is 4.72 Å². The van der Waals surface area contributed by atoms with Crippen LogP contribution in [0.25, 0.3) is 0 Å². The smallest absolute Gasteiger partial charge is 0.265 e. The van der Waals surface area contributed by atoms with Crippen LogP contribution in [0.5, 0.6) is 5.75 Å². The lowest BCUT2D eigenvalue weighted by Gasteiger charge is -2.12. The minimum absolute atomic E-state index is 0.107. The molecule has 0 aliphatic rings. The Morgan fingerprint density at radius 1 is 1.26 bits per heavy atom. The number of phenolic OH excluding ortho intramolecular Hbond substituents is 1. The summed E-state index contributed by atoms with van der Waals surface area (Å²) in [7, 11) is -3.78. The van der Waals surface area contributed by atoms with E-state index in [1.165, 1.54) is 6.07 Å². The Labute approximate surface area is 111 Å². The summed E-state index contributed by atoms with van der Waals surface area (Å²) in [6.45, 7) is 4.95. The van der Waals surface area contributed by atoms with Gasteiger partial charge in [0.05, 0.1) is 17.1 Å². The zero-order chi connectivity index (χ0) is 14.2. The molecule has 102 valence electrons. The van der Waals surface area contributed by atoms with Crippen molar-refractivity contribution >= 4 is 15.7 Å². The normalized spacial score (nSPS) is 11.5. The number of aromatic hydroxyl groups is 1. The average molecular weight is 281 g/mol. The highest BCUT2D eigenvalue weighted by Crippen LogP contribution is 2.30. The minimum Gasteiger partial charge on any atom is -0.506 e. The number of sulfonamides is 1. The number of benzene rings is 1. The molecular weight excluding hydrogens is 266 g/mol. The fourth-order valence-corrected chi connectivity index (χ4v) is 3.43. The van der Waals surface area contributed by atoms with E-state index in [1.54, 1.807) is 32.9 Å². The highest BCUT2D eigenvalue weighted by Gasteiger charge is 2.23. The lowest BCUT2D eigenvalue weighted by molar-refractivity contribution is 0.477. The van der Waals surface area contributed by atoms with Gasteiger partial charge in [-0.3, -0.25) is 9.82 Å². The van der Waals surface area contributed by atoms with Crippen LogP contribution in [0.1, 0.15) is 17.0 Å². The van der Waals surface area contributed by atoms with Crippen molar-refractivity contribution in [3.05, 3.63) is 35.2 Å². The van der Waals surface area contributed by atoms with E-state index in [1.807, 2.05) is 0 Å². The summed E-state index contributed by atoms with van der Waals surface area (Å²) in [5.74, 6) is -0.109. The number of aromatic amines is 1. The van der Waals surface area contributed by atoms with E-state index in [4.69, 9.17) is 0 Å². The van der Waals surface area contributed by atoms with Crippen molar-refractivity contribution in [1.29, 1.82) is 0 Å². The van der Waals surface area contributed by atoms with Gasteiger partial charge in [0.25, 0.3) is 10.0 Å². The van der Waals surface area contributed by atoms with E-state index in [2.05, 4.69) is 14.9 Å². The molecule has 6 nitrogen and oxygen atoms in total. The molecule has 0 spiro atoms. The van der Waals surface area contributed by atoms with Gasteiger partial charge in [0.15, 0.2) is 0 Å². The highest BCUT2D eigenvalue weighted by molar-refractivity contribution is 7.92. The molecule has 19 heavy (non-hydrogen) atoms. The third kappa shape index (κ3) is 2.41. The van der Waals surface area contributed by atoms with Gasteiger partial charge in [-0.05, 0) is 32.4 Å². The number of hydrogen-bond donors (Lipinski definition) is 3. The fraction of sp³-hybridized carbons (Fsp3) is 0.250. The number of hydrogen-bond acceptors (Lipinski definition) is 4. The van der Waals surface area contributed by atoms with E-state index in [9.17, 15) is 13.5 Å². The molecule has 3 N–H and O–H groups in total. The highest BCUT2D eigenvalue weighted by atomic mass is 32.2. The molecule has 0 radical (unpaired) electrons. The van der Waals surface area contributed by atoms with E-state index in [-0.39, 0.29) is 16.3 Å². The van der Waals surface area contributed by atoms with Crippen molar-refractivity contribution in [3.8, 4) is 5.75 Å². The van der Waals surface area contributed by atoms with Crippen LogP contribution in [-0.2, 0) is 10.0 Å². The maximum atomic E-state index is 12.3. The third-order valence-electron chi connectivity index (χ3n) is 2.82. The quantitative estimate of drug-likeness (QED) is 0.748. The Hall–Kier alpha value is -2.02. The summed E-state index contributed by atoms with van der Waals surface area (Å²) in [6.07, 6.45) is 0. The van der Waals surface area contributed by atoms with E-state index >= 15 is 0 Å². The molecule has 0 bridgehead atoms. The first-order chi connectivity index (χ1) is 8.83. The first-order valence-electron chi connectivity index (χ1n) is 5.66. The molecule has 1 aromatic heterocycles. The van der Waals surface area contributed by atoms with Crippen molar-refractivity contribution in [1.82, 2.24) is 10.2 Å². The fourth-order valence-electron chi connectivity index (χ4n) is 1.91. The number of anilines is 1. The summed E-state index contributed by atoms with van der Waals surface area (Å²) in [6, 6.07) is 4.80. The van der Waals surface area contributed by atoms with Gasteiger partial charge in [0, 0.05) is 0 Å². The van der Waals surface area contributed by atoms with Crippen LogP contribution < -0.4 is 4.72 Å².